The van der Waals surface area contributed by atoms with Gasteiger partial charge in [0.25, 0.3) is 5.24 Å². The standard InChI is InChI=1S/C7H6ClNO3S.C3H7NO/c8-7(10)5-1-3-6(4-2-5)13(9,11)12;1-4(2)3-5/h1-4H,(H2,9,11,12);3H,1-2H3. The Bertz CT molecular complexity index is 511. The summed E-state index contributed by atoms with van der Waals surface area (Å²) in [5, 5.41) is 4.20. The molecule has 0 aromatic heterocycles. The molecule has 0 unspecified atom stereocenters. The molecule has 0 spiro atoms. The fraction of sp³-hybridized carbons (Fsp3) is 0.200. The lowest BCUT2D eigenvalue weighted by Crippen LogP contribution is -2.12. The van der Waals surface area contributed by atoms with Crippen LogP contribution in [-0.2, 0) is 14.8 Å². The number of carbonyl (C=O) groups is 2. The predicted octanol–water partition coefficient (Wildman–Crippen LogP) is 0.417. The van der Waals surface area contributed by atoms with Crippen LogP contribution in [0, 0.1) is 0 Å². The fourth-order valence-electron chi connectivity index (χ4n) is 0.776. The highest BCUT2D eigenvalue weighted by Gasteiger charge is 2.08. The molecule has 0 fully saturated rings. The second-order valence-electron chi connectivity index (χ2n) is 3.41. The number of sulfonamides is 1. The monoisotopic (exact) mass is 292 g/mol. The van der Waals surface area contributed by atoms with Crippen LogP contribution >= 0.6 is 11.6 Å². The third-order valence-corrected chi connectivity index (χ3v) is 2.77. The van der Waals surface area contributed by atoms with Crippen molar-refractivity contribution < 1.29 is 18.0 Å². The highest BCUT2D eigenvalue weighted by atomic mass is 35.5. The Morgan fingerprint density at radius 3 is 1.89 bits per heavy atom. The van der Waals surface area contributed by atoms with Crippen LogP contribution < -0.4 is 5.14 Å². The number of primary sulfonamides is 1. The van der Waals surface area contributed by atoms with Crippen LogP contribution in [-0.4, -0.2) is 39.1 Å². The molecule has 8 heteroatoms. The third kappa shape index (κ3) is 6.33. The maximum atomic E-state index is 10.8. The number of rotatable bonds is 3. The molecule has 0 saturated carbocycles. The van der Waals surface area contributed by atoms with E-state index in [9.17, 15) is 18.0 Å². The lowest BCUT2D eigenvalue weighted by Gasteiger charge is -1.97. The van der Waals surface area contributed by atoms with Crippen molar-refractivity contribution in [3.05, 3.63) is 29.8 Å². The minimum atomic E-state index is -3.70. The summed E-state index contributed by atoms with van der Waals surface area (Å²) in [6.45, 7) is 0. The SMILES string of the molecule is CN(C)C=O.NS(=O)(=O)c1ccc(C(=O)Cl)cc1. The van der Waals surface area contributed by atoms with E-state index in [1.54, 1.807) is 14.1 Å². The number of amides is 1. The summed E-state index contributed by atoms with van der Waals surface area (Å²) in [6.07, 6.45) is 0.750. The maximum Gasteiger partial charge on any atom is 0.252 e. The van der Waals surface area contributed by atoms with Gasteiger partial charge < -0.3 is 4.90 Å². The molecular weight excluding hydrogens is 280 g/mol. The molecule has 6 nitrogen and oxygen atoms in total. The Morgan fingerprint density at radius 1 is 1.28 bits per heavy atom. The first-order valence-electron chi connectivity index (χ1n) is 4.63. The Hall–Kier alpha value is -1.44. The molecule has 0 heterocycles. The van der Waals surface area contributed by atoms with E-state index in [0.717, 1.165) is 6.41 Å². The van der Waals surface area contributed by atoms with Crippen LogP contribution in [0.5, 0.6) is 0 Å². The van der Waals surface area contributed by atoms with Crippen LogP contribution in [0.2, 0.25) is 0 Å². The molecule has 1 rings (SSSR count). The molecule has 2 N–H and O–H groups in total. The average Bonchev–Trinajstić information content (AvgIpc) is 2.28. The molecule has 18 heavy (non-hydrogen) atoms. The van der Waals surface area contributed by atoms with Crippen molar-refractivity contribution in [2.75, 3.05) is 14.1 Å². The zero-order valence-electron chi connectivity index (χ0n) is 9.83. The van der Waals surface area contributed by atoms with E-state index in [4.69, 9.17) is 16.7 Å². The van der Waals surface area contributed by atoms with Gasteiger partial charge in [0.1, 0.15) is 0 Å². The van der Waals surface area contributed by atoms with Crippen LogP contribution in [0.1, 0.15) is 10.4 Å². The second-order valence-corrected chi connectivity index (χ2v) is 5.32. The Balaban J connectivity index is 0.000000494. The molecule has 0 atom stereocenters. The van der Waals surface area contributed by atoms with Gasteiger partial charge in [0.05, 0.1) is 4.90 Å². The van der Waals surface area contributed by atoms with E-state index in [2.05, 4.69) is 0 Å². The van der Waals surface area contributed by atoms with Crippen molar-refractivity contribution in [3.8, 4) is 0 Å². The molecular formula is C10H13ClN2O4S. The summed E-state index contributed by atoms with van der Waals surface area (Å²) < 4.78 is 21.5. The number of hydrogen-bond donors (Lipinski definition) is 1. The third-order valence-electron chi connectivity index (χ3n) is 1.62. The number of halogens is 1. The van der Waals surface area contributed by atoms with Gasteiger partial charge >= 0.3 is 0 Å². The summed E-state index contributed by atoms with van der Waals surface area (Å²) in [7, 11) is -0.325. The first kappa shape index (κ1) is 16.6. The van der Waals surface area contributed by atoms with Crippen LogP contribution in [0.3, 0.4) is 0 Å². The van der Waals surface area contributed by atoms with Gasteiger partial charge in [-0.2, -0.15) is 0 Å². The van der Waals surface area contributed by atoms with Gasteiger partial charge in [-0.15, -0.1) is 0 Å². The summed E-state index contributed by atoms with van der Waals surface area (Å²) in [5.74, 6) is 0. The molecule has 0 aliphatic rings. The normalized spacial score (nSPS) is 10.0. The number of hydrogen-bond acceptors (Lipinski definition) is 4. The van der Waals surface area contributed by atoms with Gasteiger partial charge in [-0.25, -0.2) is 13.6 Å². The largest absolute Gasteiger partial charge is 0.351 e. The minimum Gasteiger partial charge on any atom is -0.351 e. The average molecular weight is 293 g/mol. The second kappa shape index (κ2) is 7.10. The lowest BCUT2D eigenvalue weighted by molar-refractivity contribution is -0.115. The topological polar surface area (TPSA) is 97.5 Å². The van der Waals surface area contributed by atoms with E-state index in [1.807, 2.05) is 0 Å². The number of benzene rings is 1. The van der Waals surface area contributed by atoms with Gasteiger partial charge in [0.15, 0.2) is 0 Å². The number of nitrogens with zero attached hydrogens (tertiary/aromatic N) is 1. The molecule has 1 aromatic rings. The van der Waals surface area contributed by atoms with Crippen molar-refractivity contribution in [1.82, 2.24) is 4.90 Å². The summed E-state index contributed by atoms with van der Waals surface area (Å²) in [4.78, 5) is 21.4. The lowest BCUT2D eigenvalue weighted by atomic mass is 10.2. The fourth-order valence-corrected chi connectivity index (χ4v) is 1.42. The Morgan fingerprint density at radius 2 is 1.67 bits per heavy atom. The van der Waals surface area contributed by atoms with E-state index < -0.39 is 15.3 Å². The van der Waals surface area contributed by atoms with Crippen molar-refractivity contribution in [2.45, 2.75) is 4.90 Å². The highest BCUT2D eigenvalue weighted by molar-refractivity contribution is 7.89. The van der Waals surface area contributed by atoms with E-state index >= 15 is 0 Å². The van der Waals surface area contributed by atoms with Gasteiger partial charge in [0, 0.05) is 19.7 Å². The van der Waals surface area contributed by atoms with Crippen molar-refractivity contribution in [3.63, 3.8) is 0 Å². The van der Waals surface area contributed by atoms with Gasteiger partial charge in [-0.1, -0.05) is 0 Å². The van der Waals surface area contributed by atoms with E-state index in [-0.39, 0.29) is 10.5 Å². The molecule has 1 amide bonds. The summed E-state index contributed by atoms with van der Waals surface area (Å²) in [6, 6.07) is 5.06. The van der Waals surface area contributed by atoms with Crippen molar-refractivity contribution >= 4 is 33.3 Å². The number of carbonyl (C=O) groups excluding carboxylic acids is 2. The van der Waals surface area contributed by atoms with Gasteiger partial charge in [-0.05, 0) is 35.9 Å². The minimum absolute atomic E-state index is 0.0471. The first-order chi connectivity index (χ1) is 8.18. The molecule has 0 radical (unpaired) electrons. The van der Waals surface area contributed by atoms with E-state index in [1.165, 1.54) is 29.2 Å². The van der Waals surface area contributed by atoms with E-state index in [0.29, 0.717) is 0 Å². The molecule has 0 aliphatic carbocycles. The predicted molar refractivity (Wildman–Crippen MR) is 67.7 cm³/mol. The van der Waals surface area contributed by atoms with Crippen molar-refractivity contribution in [2.24, 2.45) is 5.14 Å². The Labute approximate surface area is 110 Å². The van der Waals surface area contributed by atoms with Crippen LogP contribution in [0.25, 0.3) is 0 Å². The Kier molecular flexibility index (Phi) is 6.53. The molecule has 0 saturated heterocycles. The molecule has 0 aliphatic heterocycles. The quantitative estimate of drug-likeness (QED) is 0.645. The van der Waals surface area contributed by atoms with Crippen LogP contribution in [0.4, 0.5) is 0 Å². The summed E-state index contributed by atoms with van der Waals surface area (Å²) >= 11 is 5.15. The highest BCUT2D eigenvalue weighted by Crippen LogP contribution is 2.10. The molecule has 1 aromatic carbocycles. The van der Waals surface area contributed by atoms with Crippen molar-refractivity contribution in [1.29, 1.82) is 0 Å². The summed E-state index contributed by atoms with van der Waals surface area (Å²) in [5.41, 5.74) is 0.231. The molecule has 100 valence electrons. The van der Waals surface area contributed by atoms with Gasteiger partial charge in [-0.3, -0.25) is 9.59 Å². The molecule has 0 bridgehead atoms. The smallest absolute Gasteiger partial charge is 0.252 e. The van der Waals surface area contributed by atoms with Crippen LogP contribution in [0.15, 0.2) is 29.2 Å². The zero-order chi connectivity index (χ0) is 14.3. The first-order valence-corrected chi connectivity index (χ1v) is 6.55. The van der Waals surface area contributed by atoms with Gasteiger partial charge in [0.2, 0.25) is 16.4 Å². The maximum absolute atomic E-state index is 10.8. The number of nitrogens with two attached hydrogens (primary N) is 1. The zero-order valence-corrected chi connectivity index (χ0v) is 11.4.